The first-order chi connectivity index (χ1) is 14.7. The summed E-state index contributed by atoms with van der Waals surface area (Å²) < 4.78 is 5.69. The molecule has 5 rings (SSSR count). The maximum absolute atomic E-state index is 11.6. The monoisotopic (exact) mass is 421 g/mol. The van der Waals surface area contributed by atoms with E-state index in [1.165, 1.54) is 0 Å². The summed E-state index contributed by atoms with van der Waals surface area (Å²) in [6.45, 7) is 3.21. The predicted octanol–water partition coefficient (Wildman–Crippen LogP) is 4.24. The van der Waals surface area contributed by atoms with E-state index in [2.05, 4.69) is 15.6 Å². The molecule has 0 radical (unpaired) electrons. The average molecular weight is 422 g/mol. The highest BCUT2D eigenvalue weighted by molar-refractivity contribution is 7.19. The normalized spacial score (nSPS) is 17.3. The molecule has 3 heterocycles. The number of nitrogens with one attached hydrogen (secondary N) is 2. The zero-order valence-corrected chi connectivity index (χ0v) is 17.6. The van der Waals surface area contributed by atoms with Crippen LogP contribution in [0.15, 0.2) is 30.5 Å². The van der Waals surface area contributed by atoms with Gasteiger partial charge in [-0.2, -0.15) is 0 Å². The van der Waals surface area contributed by atoms with Crippen molar-refractivity contribution in [2.45, 2.75) is 38.7 Å². The Morgan fingerprint density at radius 2 is 2.23 bits per heavy atom. The van der Waals surface area contributed by atoms with Crippen LogP contribution in [0.1, 0.15) is 41.4 Å². The Morgan fingerprint density at radius 1 is 1.30 bits per heavy atom. The zero-order chi connectivity index (χ0) is 20.5. The predicted molar refractivity (Wildman–Crippen MR) is 118 cm³/mol. The third-order valence-corrected chi connectivity index (χ3v) is 6.50. The summed E-state index contributed by atoms with van der Waals surface area (Å²) in [6.07, 6.45) is 6.20. The second-order valence-electron chi connectivity index (χ2n) is 7.64. The van der Waals surface area contributed by atoms with Gasteiger partial charge in [-0.05, 0) is 50.3 Å². The lowest BCUT2D eigenvalue weighted by atomic mass is 10.00. The summed E-state index contributed by atoms with van der Waals surface area (Å²) >= 11 is 1.64. The number of anilines is 3. The van der Waals surface area contributed by atoms with Gasteiger partial charge in [0.05, 0.1) is 22.4 Å². The van der Waals surface area contributed by atoms with Gasteiger partial charge in [0.15, 0.2) is 10.9 Å². The number of fused-ring (bicyclic) bond motifs is 3. The molecule has 3 aromatic rings. The molecule has 154 valence electrons. The van der Waals surface area contributed by atoms with Gasteiger partial charge in [0.1, 0.15) is 0 Å². The summed E-state index contributed by atoms with van der Waals surface area (Å²) in [4.78, 5) is 26.8. The van der Waals surface area contributed by atoms with Gasteiger partial charge in [0.2, 0.25) is 5.95 Å². The van der Waals surface area contributed by atoms with Gasteiger partial charge in [-0.3, -0.25) is 4.79 Å². The first-order valence-electron chi connectivity index (χ1n) is 10.3. The molecule has 1 unspecified atom stereocenters. The molecular weight excluding hydrogens is 398 g/mol. The Hall–Kier alpha value is -2.84. The zero-order valence-electron chi connectivity index (χ0n) is 16.8. The minimum atomic E-state index is 0.0299. The summed E-state index contributed by atoms with van der Waals surface area (Å²) in [6, 6.07) is 7.37. The molecule has 7 nitrogen and oxygen atoms in total. The van der Waals surface area contributed by atoms with Crippen molar-refractivity contribution in [3.63, 3.8) is 0 Å². The second kappa shape index (κ2) is 8.12. The van der Waals surface area contributed by atoms with Crippen molar-refractivity contribution in [3.8, 4) is 10.6 Å². The number of aromatic nitrogens is 3. The molecule has 2 aromatic heterocycles. The van der Waals surface area contributed by atoms with E-state index in [1.807, 2.05) is 24.4 Å². The molecule has 2 aliphatic rings. The minimum absolute atomic E-state index is 0.0299. The fourth-order valence-corrected chi connectivity index (χ4v) is 4.88. The van der Waals surface area contributed by atoms with E-state index in [-0.39, 0.29) is 11.9 Å². The first kappa shape index (κ1) is 19.1. The van der Waals surface area contributed by atoms with Crippen molar-refractivity contribution in [1.82, 2.24) is 15.0 Å². The Morgan fingerprint density at radius 3 is 3.07 bits per heavy atom. The Labute approximate surface area is 178 Å². The molecule has 1 fully saturated rings. The fourth-order valence-electron chi connectivity index (χ4n) is 3.83. The first-order valence-corrected chi connectivity index (χ1v) is 11.1. The number of ketones is 1. The third-order valence-electron chi connectivity index (χ3n) is 5.44. The molecule has 0 bridgehead atoms. The quantitative estimate of drug-likeness (QED) is 0.576. The lowest BCUT2D eigenvalue weighted by Crippen LogP contribution is -2.18. The lowest BCUT2D eigenvalue weighted by molar-refractivity contribution is 0.101. The molecule has 1 saturated heterocycles. The average Bonchev–Trinajstić information content (AvgIpc) is 3.42. The topological polar surface area (TPSA) is 89.0 Å². The van der Waals surface area contributed by atoms with Gasteiger partial charge in [-0.25, -0.2) is 15.0 Å². The summed E-state index contributed by atoms with van der Waals surface area (Å²) in [7, 11) is 0. The maximum atomic E-state index is 11.6. The Kier molecular flexibility index (Phi) is 5.18. The van der Waals surface area contributed by atoms with E-state index in [0.29, 0.717) is 11.5 Å². The van der Waals surface area contributed by atoms with Crippen LogP contribution in [-0.4, -0.2) is 40.0 Å². The van der Waals surface area contributed by atoms with Crippen LogP contribution in [0.25, 0.3) is 10.6 Å². The van der Waals surface area contributed by atoms with Crippen LogP contribution in [0.2, 0.25) is 0 Å². The van der Waals surface area contributed by atoms with Crippen molar-refractivity contribution >= 4 is 33.9 Å². The van der Waals surface area contributed by atoms with Gasteiger partial charge in [-0.1, -0.05) is 23.5 Å². The highest BCUT2D eigenvalue weighted by Gasteiger charge is 2.24. The van der Waals surface area contributed by atoms with E-state index in [1.54, 1.807) is 24.3 Å². The van der Waals surface area contributed by atoms with Gasteiger partial charge < -0.3 is 15.4 Å². The molecule has 1 aliphatic carbocycles. The van der Waals surface area contributed by atoms with Crippen LogP contribution in [0.5, 0.6) is 0 Å². The molecule has 1 aromatic carbocycles. The summed E-state index contributed by atoms with van der Waals surface area (Å²) in [5, 5.41) is 7.59. The van der Waals surface area contributed by atoms with Crippen molar-refractivity contribution in [2.75, 3.05) is 23.8 Å². The molecule has 2 N–H and O–H groups in total. The van der Waals surface area contributed by atoms with Crippen LogP contribution < -0.4 is 10.6 Å². The van der Waals surface area contributed by atoms with Crippen LogP contribution in [-0.2, 0) is 17.6 Å². The van der Waals surface area contributed by atoms with Crippen molar-refractivity contribution in [2.24, 2.45) is 0 Å². The third kappa shape index (κ3) is 3.93. The number of carbonyl (C=O) groups is 1. The van der Waals surface area contributed by atoms with Crippen LogP contribution in [0.4, 0.5) is 16.8 Å². The number of benzene rings is 1. The number of hydrogen-bond acceptors (Lipinski definition) is 8. The Balaban J connectivity index is 1.37. The molecule has 30 heavy (non-hydrogen) atoms. The number of carbonyl (C=O) groups excluding carboxylic acids is 1. The van der Waals surface area contributed by atoms with E-state index < -0.39 is 0 Å². The van der Waals surface area contributed by atoms with Crippen LogP contribution in [0.3, 0.4) is 0 Å². The fraction of sp³-hybridized carbons (Fsp3) is 0.364. The van der Waals surface area contributed by atoms with Gasteiger partial charge in [0, 0.05) is 30.6 Å². The molecule has 0 amide bonds. The number of rotatable bonds is 6. The van der Waals surface area contributed by atoms with Gasteiger partial charge >= 0.3 is 0 Å². The van der Waals surface area contributed by atoms with Crippen LogP contribution in [0, 0.1) is 0 Å². The smallest absolute Gasteiger partial charge is 0.227 e. The largest absolute Gasteiger partial charge is 0.376 e. The number of thiazole rings is 1. The standard InChI is InChI=1S/C22H23N5O2S/c1-13(28)14-4-2-5-16(10-14)25-21-23-11-15-7-8-18-20(19(15)27-21)30-22(26-18)24-12-17-6-3-9-29-17/h2,4-5,10-11,17H,3,6-9,12H2,1H3,(H,24,26)(H,23,25,27). The number of ether oxygens (including phenoxy) is 1. The van der Waals surface area contributed by atoms with Gasteiger partial charge in [-0.15, -0.1) is 0 Å². The SMILES string of the molecule is CC(=O)c1cccc(Nc2ncc3c(n2)-c2sc(NCC4CCCO4)nc2CC3)c1. The van der Waals surface area contributed by atoms with E-state index in [0.717, 1.165) is 71.5 Å². The molecule has 0 saturated carbocycles. The summed E-state index contributed by atoms with van der Waals surface area (Å²) in [5.74, 6) is 0.548. The van der Waals surface area contributed by atoms with Crippen molar-refractivity contribution < 1.29 is 9.53 Å². The molecule has 0 spiro atoms. The maximum Gasteiger partial charge on any atom is 0.227 e. The number of nitrogens with zero attached hydrogens (tertiary/aromatic N) is 3. The summed E-state index contributed by atoms with van der Waals surface area (Å²) in [5.41, 5.74) is 4.62. The van der Waals surface area contributed by atoms with E-state index >= 15 is 0 Å². The van der Waals surface area contributed by atoms with E-state index in [4.69, 9.17) is 14.7 Å². The number of hydrogen-bond donors (Lipinski definition) is 2. The highest BCUT2D eigenvalue weighted by Crippen LogP contribution is 2.38. The van der Waals surface area contributed by atoms with Gasteiger partial charge in [0.25, 0.3) is 0 Å². The number of Topliss-reactive ketones (excluding diaryl/α,β-unsaturated/α-hetero) is 1. The number of aryl methyl sites for hydroxylation is 2. The Bertz CT molecular complexity index is 1090. The van der Waals surface area contributed by atoms with Crippen molar-refractivity contribution in [3.05, 3.63) is 47.3 Å². The highest BCUT2D eigenvalue weighted by atomic mass is 32.1. The van der Waals surface area contributed by atoms with E-state index in [9.17, 15) is 4.79 Å². The molecule has 1 atom stereocenters. The second-order valence-corrected chi connectivity index (χ2v) is 8.64. The van der Waals surface area contributed by atoms with Crippen molar-refractivity contribution in [1.29, 1.82) is 0 Å². The molecule has 1 aliphatic heterocycles. The molecule has 8 heteroatoms. The molecular formula is C22H23N5O2S. The minimum Gasteiger partial charge on any atom is -0.376 e. The van der Waals surface area contributed by atoms with Crippen LogP contribution >= 0.6 is 11.3 Å². The lowest BCUT2D eigenvalue weighted by Gasteiger charge is -2.15.